The summed E-state index contributed by atoms with van der Waals surface area (Å²) in [7, 11) is 0. The number of hydrogen-bond donors (Lipinski definition) is 1. The van der Waals surface area contributed by atoms with Gasteiger partial charge < -0.3 is 10.2 Å². The Balaban J connectivity index is 2.08. The average Bonchev–Trinajstić information content (AvgIpc) is 2.38. The number of benzene rings is 1. The third-order valence-electron chi connectivity index (χ3n) is 3.28. The van der Waals surface area contributed by atoms with E-state index in [9.17, 15) is 9.59 Å². The maximum absolute atomic E-state index is 12.3. The predicted octanol–water partition coefficient (Wildman–Crippen LogP) is 1.62. The standard InChI is InChI=1S/C14H17ClN2O2/c1-2-12-14(19)16-6-7-17(12)13(18)9-10-4-3-5-11(15)8-10/h3-5,8,12H,2,6-7,9H2,1H3,(H,16,19). The zero-order chi connectivity index (χ0) is 13.8. The fourth-order valence-corrected chi connectivity index (χ4v) is 2.56. The summed E-state index contributed by atoms with van der Waals surface area (Å²) in [5.41, 5.74) is 0.873. The minimum atomic E-state index is -0.347. The van der Waals surface area contributed by atoms with Gasteiger partial charge in [0.1, 0.15) is 6.04 Å². The number of rotatable bonds is 3. The highest BCUT2D eigenvalue weighted by molar-refractivity contribution is 6.30. The van der Waals surface area contributed by atoms with E-state index in [0.717, 1.165) is 5.56 Å². The van der Waals surface area contributed by atoms with E-state index < -0.39 is 0 Å². The van der Waals surface area contributed by atoms with Crippen LogP contribution in [0.2, 0.25) is 5.02 Å². The quantitative estimate of drug-likeness (QED) is 0.915. The SMILES string of the molecule is CCC1C(=O)NCCN1C(=O)Cc1cccc(Cl)c1. The van der Waals surface area contributed by atoms with Gasteiger partial charge in [-0.3, -0.25) is 9.59 Å². The highest BCUT2D eigenvalue weighted by Gasteiger charge is 2.31. The molecule has 0 saturated carbocycles. The van der Waals surface area contributed by atoms with E-state index in [1.54, 1.807) is 17.0 Å². The second kappa shape index (κ2) is 6.06. The summed E-state index contributed by atoms with van der Waals surface area (Å²) in [6, 6.07) is 6.91. The molecule has 1 saturated heterocycles. The third-order valence-corrected chi connectivity index (χ3v) is 3.52. The number of hydrogen-bond acceptors (Lipinski definition) is 2. The minimum absolute atomic E-state index is 0.0241. The van der Waals surface area contributed by atoms with Gasteiger partial charge in [-0.2, -0.15) is 0 Å². The van der Waals surface area contributed by atoms with Crippen molar-refractivity contribution in [3.8, 4) is 0 Å². The Bertz CT molecular complexity index is 490. The molecule has 1 heterocycles. The summed E-state index contributed by atoms with van der Waals surface area (Å²) < 4.78 is 0. The molecule has 1 aliphatic heterocycles. The molecule has 5 heteroatoms. The van der Waals surface area contributed by atoms with E-state index >= 15 is 0 Å². The number of halogens is 1. The highest BCUT2D eigenvalue weighted by Crippen LogP contribution is 2.14. The summed E-state index contributed by atoms with van der Waals surface area (Å²) in [5, 5.41) is 3.41. The van der Waals surface area contributed by atoms with Crippen molar-refractivity contribution < 1.29 is 9.59 Å². The van der Waals surface area contributed by atoms with Crippen molar-refractivity contribution in [2.75, 3.05) is 13.1 Å². The smallest absolute Gasteiger partial charge is 0.242 e. The van der Waals surface area contributed by atoms with E-state index in [-0.39, 0.29) is 24.3 Å². The second-order valence-corrected chi connectivity index (χ2v) is 5.05. The van der Waals surface area contributed by atoms with Gasteiger partial charge in [0.25, 0.3) is 0 Å². The van der Waals surface area contributed by atoms with Crippen molar-refractivity contribution in [1.29, 1.82) is 0 Å². The Morgan fingerprint density at radius 2 is 2.32 bits per heavy atom. The Hall–Kier alpha value is -1.55. The molecule has 0 bridgehead atoms. The summed E-state index contributed by atoms with van der Waals surface area (Å²) >= 11 is 5.90. The van der Waals surface area contributed by atoms with Crippen LogP contribution in [0.15, 0.2) is 24.3 Å². The highest BCUT2D eigenvalue weighted by atomic mass is 35.5. The lowest BCUT2D eigenvalue weighted by atomic mass is 10.1. The molecular weight excluding hydrogens is 264 g/mol. The monoisotopic (exact) mass is 280 g/mol. The van der Waals surface area contributed by atoms with E-state index in [2.05, 4.69) is 5.32 Å². The lowest BCUT2D eigenvalue weighted by Gasteiger charge is -2.34. The molecule has 19 heavy (non-hydrogen) atoms. The molecule has 0 spiro atoms. The Kier molecular flexibility index (Phi) is 4.43. The predicted molar refractivity (Wildman–Crippen MR) is 74.0 cm³/mol. The van der Waals surface area contributed by atoms with Crippen molar-refractivity contribution in [1.82, 2.24) is 10.2 Å². The topological polar surface area (TPSA) is 49.4 Å². The summed E-state index contributed by atoms with van der Waals surface area (Å²) in [6.07, 6.45) is 0.914. The molecule has 1 fully saturated rings. The molecule has 0 aliphatic carbocycles. The number of piperazine rings is 1. The number of nitrogens with one attached hydrogen (secondary N) is 1. The first kappa shape index (κ1) is 13.9. The first-order valence-corrected chi connectivity index (χ1v) is 6.81. The van der Waals surface area contributed by atoms with Crippen LogP contribution in [0.4, 0.5) is 0 Å². The maximum atomic E-state index is 12.3. The van der Waals surface area contributed by atoms with Crippen LogP contribution in [0.5, 0.6) is 0 Å². The van der Waals surface area contributed by atoms with Crippen LogP contribution in [-0.2, 0) is 16.0 Å². The third kappa shape index (κ3) is 3.26. The van der Waals surface area contributed by atoms with Crippen LogP contribution in [-0.4, -0.2) is 35.8 Å². The van der Waals surface area contributed by atoms with Gasteiger partial charge in [0.2, 0.25) is 11.8 Å². The first-order valence-electron chi connectivity index (χ1n) is 6.43. The van der Waals surface area contributed by atoms with Gasteiger partial charge in [0, 0.05) is 18.1 Å². The average molecular weight is 281 g/mol. The number of carbonyl (C=O) groups is 2. The number of amides is 2. The Labute approximate surface area is 117 Å². The van der Waals surface area contributed by atoms with Crippen LogP contribution in [0, 0.1) is 0 Å². The van der Waals surface area contributed by atoms with E-state index in [1.807, 2.05) is 19.1 Å². The molecule has 1 aromatic carbocycles. The molecule has 1 aliphatic rings. The van der Waals surface area contributed by atoms with Crippen LogP contribution in [0.1, 0.15) is 18.9 Å². The van der Waals surface area contributed by atoms with Crippen molar-refractivity contribution >= 4 is 23.4 Å². The van der Waals surface area contributed by atoms with Gasteiger partial charge in [0.05, 0.1) is 6.42 Å². The van der Waals surface area contributed by atoms with Gasteiger partial charge in [-0.05, 0) is 24.1 Å². The fraction of sp³-hybridized carbons (Fsp3) is 0.429. The van der Waals surface area contributed by atoms with Crippen molar-refractivity contribution in [2.45, 2.75) is 25.8 Å². The molecule has 1 unspecified atom stereocenters. The molecule has 4 nitrogen and oxygen atoms in total. The van der Waals surface area contributed by atoms with Crippen LogP contribution in [0.25, 0.3) is 0 Å². The molecule has 102 valence electrons. The van der Waals surface area contributed by atoms with Crippen molar-refractivity contribution in [3.05, 3.63) is 34.9 Å². The maximum Gasteiger partial charge on any atom is 0.242 e. The largest absolute Gasteiger partial charge is 0.353 e. The number of nitrogens with zero attached hydrogens (tertiary/aromatic N) is 1. The molecule has 0 aromatic heterocycles. The molecule has 2 rings (SSSR count). The zero-order valence-corrected chi connectivity index (χ0v) is 11.6. The lowest BCUT2D eigenvalue weighted by molar-refractivity contribution is -0.142. The van der Waals surface area contributed by atoms with Gasteiger partial charge >= 0.3 is 0 Å². The molecular formula is C14H17ClN2O2. The Morgan fingerprint density at radius 1 is 1.53 bits per heavy atom. The van der Waals surface area contributed by atoms with Gasteiger partial charge in [-0.1, -0.05) is 30.7 Å². The van der Waals surface area contributed by atoms with Gasteiger partial charge in [-0.15, -0.1) is 0 Å². The van der Waals surface area contributed by atoms with Crippen LogP contribution in [0.3, 0.4) is 0 Å². The van der Waals surface area contributed by atoms with Crippen LogP contribution < -0.4 is 5.32 Å². The van der Waals surface area contributed by atoms with E-state index in [4.69, 9.17) is 11.6 Å². The first-order chi connectivity index (χ1) is 9.11. The number of carbonyl (C=O) groups excluding carboxylic acids is 2. The molecule has 2 amide bonds. The normalized spacial score (nSPS) is 19.2. The minimum Gasteiger partial charge on any atom is -0.353 e. The van der Waals surface area contributed by atoms with E-state index in [0.29, 0.717) is 24.5 Å². The summed E-state index contributed by atoms with van der Waals surface area (Å²) in [5.74, 6) is -0.0860. The molecule has 1 N–H and O–H groups in total. The summed E-state index contributed by atoms with van der Waals surface area (Å²) in [6.45, 7) is 3.01. The van der Waals surface area contributed by atoms with Crippen molar-refractivity contribution in [3.63, 3.8) is 0 Å². The second-order valence-electron chi connectivity index (χ2n) is 4.61. The van der Waals surface area contributed by atoms with Crippen LogP contribution >= 0.6 is 11.6 Å². The lowest BCUT2D eigenvalue weighted by Crippen LogP contribution is -2.57. The van der Waals surface area contributed by atoms with E-state index in [1.165, 1.54) is 0 Å². The van der Waals surface area contributed by atoms with Gasteiger partial charge in [0.15, 0.2) is 0 Å². The Morgan fingerprint density at radius 3 is 3.00 bits per heavy atom. The fourth-order valence-electron chi connectivity index (χ4n) is 2.34. The zero-order valence-electron chi connectivity index (χ0n) is 10.9. The molecule has 1 atom stereocenters. The molecule has 0 radical (unpaired) electrons. The summed E-state index contributed by atoms with van der Waals surface area (Å²) in [4.78, 5) is 25.7. The molecule has 1 aromatic rings. The van der Waals surface area contributed by atoms with Crippen molar-refractivity contribution in [2.24, 2.45) is 0 Å². The van der Waals surface area contributed by atoms with Gasteiger partial charge in [-0.25, -0.2) is 0 Å².